The van der Waals surface area contributed by atoms with Gasteiger partial charge in [-0.2, -0.15) is 0 Å². The number of aromatic nitrogens is 2. The zero-order valence-corrected chi connectivity index (χ0v) is 35.0. The summed E-state index contributed by atoms with van der Waals surface area (Å²) in [7, 11) is 0. The summed E-state index contributed by atoms with van der Waals surface area (Å²) in [6, 6.07) is 35.7. The van der Waals surface area contributed by atoms with Gasteiger partial charge >= 0.3 is 5.69 Å². The molecule has 4 N–H and O–H groups in total. The predicted octanol–water partition coefficient (Wildman–Crippen LogP) is 4.73. The molecule has 0 radical (unpaired) electrons. The quantitative estimate of drug-likeness (QED) is 0.178. The summed E-state index contributed by atoms with van der Waals surface area (Å²) in [5.41, 5.74) is 7.93. The molecule has 5 aliphatic rings. The van der Waals surface area contributed by atoms with Crippen LogP contribution in [0, 0.1) is 0 Å². The minimum Gasteiger partial charge on any atom is -0.352 e. The third kappa shape index (κ3) is 9.02. The highest BCUT2D eigenvalue weighted by atomic mass is 16.2. The maximum atomic E-state index is 12.8. The third-order valence-electron chi connectivity index (χ3n) is 13.8. The summed E-state index contributed by atoms with van der Waals surface area (Å²) in [4.78, 5) is 60.1. The number of fused-ring (bicyclic) bond motifs is 3. The number of amides is 3. The lowest BCUT2D eigenvalue weighted by Crippen LogP contribution is -2.57. The van der Waals surface area contributed by atoms with E-state index in [1.54, 1.807) is 0 Å². The number of benzene rings is 4. The summed E-state index contributed by atoms with van der Waals surface area (Å²) < 4.78 is 1.90. The Hall–Kier alpha value is -5.72. The normalized spacial score (nSPS) is 21.5. The van der Waals surface area contributed by atoms with Gasteiger partial charge in [-0.05, 0) is 111 Å². The van der Waals surface area contributed by atoms with Crippen LogP contribution in [0.5, 0.6) is 0 Å². The Labute approximate surface area is 357 Å². The highest BCUT2D eigenvalue weighted by molar-refractivity contribution is 5.93. The number of hydrogen-bond acceptors (Lipinski definition) is 7. The summed E-state index contributed by atoms with van der Waals surface area (Å²) in [5.74, 6) is 0.319. The van der Waals surface area contributed by atoms with E-state index < -0.39 is 5.54 Å². The largest absolute Gasteiger partial charge is 0.352 e. The molecule has 2 aliphatic carbocycles. The van der Waals surface area contributed by atoms with E-state index in [-0.39, 0.29) is 41.5 Å². The average Bonchev–Trinajstić information content (AvgIpc) is 3.79. The van der Waals surface area contributed by atoms with Crippen molar-refractivity contribution >= 4 is 34.4 Å². The van der Waals surface area contributed by atoms with Gasteiger partial charge in [-0.1, -0.05) is 78.9 Å². The number of piperidine rings is 2. The number of hydrogen-bond donors (Lipinski definition) is 4. The number of rotatable bonds is 8. The lowest BCUT2D eigenvalue weighted by Gasteiger charge is -2.43. The molecule has 0 saturated carbocycles. The number of aromatic amines is 1. The van der Waals surface area contributed by atoms with Crippen molar-refractivity contribution in [1.82, 2.24) is 35.3 Å². The Balaban J connectivity index is 0.000000156. The van der Waals surface area contributed by atoms with Crippen molar-refractivity contribution in [2.75, 3.05) is 50.8 Å². The van der Waals surface area contributed by atoms with Crippen molar-refractivity contribution in [1.29, 1.82) is 0 Å². The first-order valence-electron chi connectivity index (χ1n) is 22.3. The highest BCUT2D eigenvalue weighted by Gasteiger charge is 2.50. The number of carbonyl (C=O) groups excluding carboxylic acids is 3. The van der Waals surface area contributed by atoms with Gasteiger partial charge in [0, 0.05) is 50.0 Å². The van der Waals surface area contributed by atoms with Gasteiger partial charge in [0.15, 0.2) is 0 Å². The van der Waals surface area contributed by atoms with Gasteiger partial charge < -0.3 is 25.8 Å². The molecular weight excluding hydrogens is 765 g/mol. The Morgan fingerprint density at radius 3 is 1.75 bits per heavy atom. The molecule has 3 fully saturated rings. The number of carbonyl (C=O) groups is 3. The van der Waals surface area contributed by atoms with Crippen LogP contribution in [0.3, 0.4) is 0 Å². The van der Waals surface area contributed by atoms with Gasteiger partial charge in [0.2, 0.25) is 17.7 Å². The van der Waals surface area contributed by atoms with E-state index in [1.165, 1.54) is 22.3 Å². The first-order valence-corrected chi connectivity index (χ1v) is 22.3. The Bertz CT molecular complexity index is 2390. The Kier molecular flexibility index (Phi) is 12.1. The minimum atomic E-state index is -0.499. The summed E-state index contributed by atoms with van der Waals surface area (Å²) >= 11 is 0. The lowest BCUT2D eigenvalue weighted by molar-refractivity contribution is -0.126. The summed E-state index contributed by atoms with van der Waals surface area (Å²) in [6.45, 7) is 4.55. The van der Waals surface area contributed by atoms with E-state index in [9.17, 15) is 19.2 Å². The third-order valence-corrected chi connectivity index (χ3v) is 13.8. The molecule has 4 heterocycles. The van der Waals surface area contributed by atoms with E-state index in [0.717, 1.165) is 107 Å². The van der Waals surface area contributed by atoms with E-state index >= 15 is 0 Å². The van der Waals surface area contributed by atoms with Crippen molar-refractivity contribution in [3.8, 4) is 0 Å². The molecule has 1 spiro atoms. The van der Waals surface area contributed by atoms with Gasteiger partial charge in [0.05, 0.1) is 30.8 Å². The minimum absolute atomic E-state index is 0.0371. The molecule has 4 aromatic carbocycles. The lowest BCUT2D eigenvalue weighted by atomic mass is 9.85. The van der Waals surface area contributed by atoms with Crippen LogP contribution in [0.2, 0.25) is 0 Å². The summed E-state index contributed by atoms with van der Waals surface area (Å²) in [5, 5.41) is 9.52. The second kappa shape index (κ2) is 18.1. The fourth-order valence-electron chi connectivity index (χ4n) is 10.5. The van der Waals surface area contributed by atoms with Crippen molar-refractivity contribution in [3.63, 3.8) is 0 Å². The van der Waals surface area contributed by atoms with Crippen molar-refractivity contribution < 1.29 is 14.4 Å². The van der Waals surface area contributed by atoms with E-state index in [1.807, 2.05) is 47.0 Å². The zero-order chi connectivity index (χ0) is 41.8. The van der Waals surface area contributed by atoms with Crippen LogP contribution < -0.4 is 26.5 Å². The second-order valence-corrected chi connectivity index (χ2v) is 17.6. The van der Waals surface area contributed by atoms with E-state index in [0.29, 0.717) is 19.8 Å². The van der Waals surface area contributed by atoms with E-state index in [2.05, 4.69) is 96.3 Å². The number of H-pyrrole nitrogens is 1. The number of imidazole rings is 1. The smallest absolute Gasteiger partial charge is 0.326 e. The van der Waals surface area contributed by atoms with Gasteiger partial charge in [-0.3, -0.25) is 28.8 Å². The van der Waals surface area contributed by atoms with Crippen LogP contribution in [-0.4, -0.2) is 101 Å². The van der Waals surface area contributed by atoms with Crippen LogP contribution in [0.25, 0.3) is 11.0 Å². The topological polar surface area (TPSA) is 135 Å². The van der Waals surface area contributed by atoms with Gasteiger partial charge in [-0.15, -0.1) is 0 Å². The van der Waals surface area contributed by atoms with Gasteiger partial charge in [-0.25, -0.2) is 4.79 Å². The standard InChI is InChI=1S/C25H30N4O2.C24H28N4O2/c30-23(27-21-11-10-19-6-4-5-7-20(19)16-21)17-28-14-12-25(13-15-28)24(31)26-18-29(25)22-8-2-1-3-9-22;29-23(25-19-10-9-17-5-1-2-6-18(17)15-19)16-27-13-11-20(12-14-27)28-22-8-4-3-7-21(22)26-24(28)30/h1-9,21H,10-18H2,(H,26,31)(H,27,30);1-8,19-20H,9-16H2,(H,25,29)(H,26,30). The Morgan fingerprint density at radius 2 is 1.15 bits per heavy atom. The van der Waals surface area contributed by atoms with Crippen molar-refractivity contribution in [2.45, 2.75) is 87.9 Å². The van der Waals surface area contributed by atoms with Gasteiger partial charge in [0.1, 0.15) is 5.54 Å². The molecular formula is C49H58N8O4. The molecule has 12 heteroatoms. The molecule has 2 unspecified atom stereocenters. The zero-order valence-electron chi connectivity index (χ0n) is 35.0. The van der Waals surface area contributed by atoms with Crippen LogP contribution in [-0.2, 0) is 40.1 Å². The first kappa shape index (κ1) is 40.7. The molecule has 5 aromatic rings. The molecule has 0 bridgehead atoms. The van der Waals surface area contributed by atoms with Crippen molar-refractivity contribution in [2.24, 2.45) is 0 Å². The molecule has 3 aliphatic heterocycles. The SMILES string of the molecule is O=C(CN1CCC(n2c(=O)[nH]c3ccccc32)CC1)NC1CCc2ccccc2C1.O=C(CN1CCC2(CC1)C(=O)NCN2c1ccccc1)NC1CCc2ccccc2C1. The monoisotopic (exact) mass is 822 g/mol. The van der Waals surface area contributed by atoms with Crippen LogP contribution in [0.1, 0.15) is 66.8 Å². The molecule has 10 rings (SSSR count). The average molecular weight is 823 g/mol. The first-order chi connectivity index (χ1) is 29.8. The maximum absolute atomic E-state index is 12.8. The second-order valence-electron chi connectivity index (χ2n) is 17.6. The number of nitrogens with zero attached hydrogens (tertiary/aromatic N) is 4. The molecule has 61 heavy (non-hydrogen) atoms. The molecule has 12 nitrogen and oxygen atoms in total. The Morgan fingerprint density at radius 1 is 0.623 bits per heavy atom. The van der Waals surface area contributed by atoms with Crippen LogP contribution in [0.4, 0.5) is 5.69 Å². The molecule has 3 saturated heterocycles. The summed E-state index contributed by atoms with van der Waals surface area (Å²) in [6.07, 6.45) is 9.13. The molecule has 3 amide bonds. The number of likely N-dealkylation sites (tertiary alicyclic amines) is 2. The van der Waals surface area contributed by atoms with Crippen LogP contribution in [0.15, 0.2) is 108 Å². The number of para-hydroxylation sites is 3. The molecule has 318 valence electrons. The fourth-order valence-corrected chi connectivity index (χ4v) is 10.5. The molecule has 1 aromatic heterocycles. The van der Waals surface area contributed by atoms with E-state index in [4.69, 9.17) is 0 Å². The van der Waals surface area contributed by atoms with Crippen LogP contribution >= 0.6 is 0 Å². The fraction of sp³-hybridized carbons (Fsp3) is 0.429. The number of anilines is 1. The highest BCUT2D eigenvalue weighted by Crippen LogP contribution is 2.36. The number of nitrogens with one attached hydrogen (secondary N) is 4. The predicted molar refractivity (Wildman–Crippen MR) is 238 cm³/mol. The van der Waals surface area contributed by atoms with Crippen molar-refractivity contribution in [3.05, 3.63) is 136 Å². The molecule has 2 atom stereocenters. The van der Waals surface area contributed by atoms with Gasteiger partial charge in [0.25, 0.3) is 0 Å². The number of aryl methyl sites for hydroxylation is 2. The maximum Gasteiger partial charge on any atom is 0.326 e.